The zero-order valence-corrected chi connectivity index (χ0v) is 11.1. The molecule has 1 amide bonds. The van der Waals surface area contributed by atoms with Crippen LogP contribution in [-0.2, 0) is 4.74 Å². The van der Waals surface area contributed by atoms with Crippen molar-refractivity contribution in [3.05, 3.63) is 0 Å². The third-order valence-electron chi connectivity index (χ3n) is 4.20. The minimum absolute atomic E-state index is 0.285. The second-order valence-corrected chi connectivity index (χ2v) is 5.39. The molecular formula is C14H23N2O2+. The number of quaternary nitrogens is 1. The molecule has 2 N–H and O–H groups in total. The Labute approximate surface area is 109 Å². The van der Waals surface area contributed by atoms with Crippen LogP contribution in [0, 0.1) is 24.2 Å². The van der Waals surface area contributed by atoms with Crippen molar-refractivity contribution in [1.29, 1.82) is 0 Å². The lowest BCUT2D eigenvalue weighted by Gasteiger charge is -2.44. The van der Waals surface area contributed by atoms with Crippen molar-refractivity contribution in [3.8, 4) is 12.3 Å². The normalized spacial score (nSPS) is 33.8. The fourth-order valence-corrected chi connectivity index (χ4v) is 3.14. The molecular weight excluding hydrogens is 228 g/mol. The summed E-state index contributed by atoms with van der Waals surface area (Å²) in [5.74, 6) is 3.98. The molecule has 4 atom stereocenters. The number of hydrogen-bond donors (Lipinski definition) is 2. The van der Waals surface area contributed by atoms with Gasteiger partial charge < -0.3 is 15.0 Å². The lowest BCUT2D eigenvalue weighted by molar-refractivity contribution is -0.945. The maximum absolute atomic E-state index is 11.4. The van der Waals surface area contributed by atoms with Crippen LogP contribution >= 0.6 is 0 Å². The van der Waals surface area contributed by atoms with E-state index in [1.54, 1.807) is 0 Å². The maximum Gasteiger partial charge on any atom is 0.407 e. The molecule has 3 fully saturated rings. The van der Waals surface area contributed by atoms with Gasteiger partial charge in [0.1, 0.15) is 12.6 Å². The zero-order valence-electron chi connectivity index (χ0n) is 11.1. The van der Waals surface area contributed by atoms with Gasteiger partial charge in [-0.2, -0.15) is 0 Å². The van der Waals surface area contributed by atoms with Gasteiger partial charge in [-0.05, 0) is 12.3 Å². The first-order valence-corrected chi connectivity index (χ1v) is 6.96. The number of piperidine rings is 3. The largest absolute Gasteiger partial charge is 0.443 e. The summed E-state index contributed by atoms with van der Waals surface area (Å²) in [6.07, 6.45) is 8.53. The van der Waals surface area contributed by atoms with Gasteiger partial charge in [-0.25, -0.2) is 4.79 Å². The number of hydrogen-bond acceptors (Lipinski definition) is 2. The molecule has 0 aromatic rings. The van der Waals surface area contributed by atoms with Gasteiger partial charge in [0.05, 0.1) is 19.0 Å². The Kier molecular flexibility index (Phi) is 4.48. The van der Waals surface area contributed by atoms with E-state index in [2.05, 4.69) is 11.2 Å². The highest BCUT2D eigenvalue weighted by Crippen LogP contribution is 2.26. The molecule has 18 heavy (non-hydrogen) atoms. The van der Waals surface area contributed by atoms with Gasteiger partial charge in [-0.3, -0.25) is 0 Å². The van der Waals surface area contributed by atoms with Crippen LogP contribution in [0.1, 0.15) is 26.2 Å². The predicted octanol–water partition coefficient (Wildman–Crippen LogP) is 0.0491. The second kappa shape index (κ2) is 6.10. The number of terminal acetylenes is 1. The van der Waals surface area contributed by atoms with Gasteiger partial charge in [-0.15, -0.1) is 6.42 Å². The molecule has 4 heteroatoms. The molecule has 4 nitrogen and oxygen atoms in total. The van der Waals surface area contributed by atoms with E-state index >= 15 is 0 Å². The molecule has 2 bridgehead atoms. The van der Waals surface area contributed by atoms with Crippen LogP contribution in [0.3, 0.4) is 0 Å². The third-order valence-corrected chi connectivity index (χ3v) is 4.20. The monoisotopic (exact) mass is 251 g/mol. The Morgan fingerprint density at radius 3 is 3.06 bits per heavy atom. The number of carbonyl (C=O) groups excluding carboxylic acids is 1. The van der Waals surface area contributed by atoms with Gasteiger partial charge in [-0.1, -0.05) is 12.8 Å². The molecule has 0 saturated carbocycles. The Morgan fingerprint density at radius 1 is 1.61 bits per heavy atom. The summed E-state index contributed by atoms with van der Waals surface area (Å²) in [6.45, 7) is 5.45. The SMILES string of the molecule is C#C[C@H]1C[NH+]2CC[C@H]1C[C@@H]2COC(=O)NCCC. The number of fused-ring (bicyclic) bond motifs is 3. The highest BCUT2D eigenvalue weighted by Gasteiger charge is 2.43. The number of rotatable bonds is 4. The van der Waals surface area contributed by atoms with Crippen molar-refractivity contribution >= 4 is 6.09 Å². The van der Waals surface area contributed by atoms with Crippen molar-refractivity contribution in [3.63, 3.8) is 0 Å². The second-order valence-electron chi connectivity index (χ2n) is 5.39. The van der Waals surface area contributed by atoms with Crippen LogP contribution in [0.4, 0.5) is 4.79 Å². The first-order valence-electron chi connectivity index (χ1n) is 6.96. The van der Waals surface area contributed by atoms with Gasteiger partial charge in [0.25, 0.3) is 0 Å². The lowest BCUT2D eigenvalue weighted by atomic mass is 9.76. The smallest absolute Gasteiger partial charge is 0.407 e. The van der Waals surface area contributed by atoms with Crippen molar-refractivity contribution in [2.24, 2.45) is 11.8 Å². The van der Waals surface area contributed by atoms with Gasteiger partial charge >= 0.3 is 6.09 Å². The Morgan fingerprint density at radius 2 is 2.44 bits per heavy atom. The van der Waals surface area contributed by atoms with E-state index < -0.39 is 0 Å². The minimum atomic E-state index is -0.285. The van der Waals surface area contributed by atoms with Crippen LogP contribution in [0.5, 0.6) is 0 Å². The van der Waals surface area contributed by atoms with E-state index in [9.17, 15) is 4.79 Å². The summed E-state index contributed by atoms with van der Waals surface area (Å²) in [6, 6.07) is 0.445. The Balaban J connectivity index is 1.75. The standard InChI is InChI=1S/C14H22N2O2/c1-3-6-15-14(17)18-10-13-8-12-5-7-16(13)9-11(12)4-2/h2,11-13H,3,5-10H2,1H3,(H,15,17)/p+1/t11-,12-,13+/m0/s1. The summed E-state index contributed by atoms with van der Waals surface area (Å²) >= 11 is 0. The average Bonchev–Trinajstić information content (AvgIpc) is 2.43. The lowest BCUT2D eigenvalue weighted by Crippen LogP contribution is -3.20. The first kappa shape index (κ1) is 13.2. The van der Waals surface area contributed by atoms with Crippen LogP contribution in [0.2, 0.25) is 0 Å². The Hall–Kier alpha value is -1.21. The molecule has 0 spiro atoms. The molecule has 1 unspecified atom stereocenters. The summed E-state index contributed by atoms with van der Waals surface area (Å²) in [7, 11) is 0. The fraction of sp³-hybridized carbons (Fsp3) is 0.786. The highest BCUT2D eigenvalue weighted by atomic mass is 16.5. The average molecular weight is 251 g/mol. The molecule has 100 valence electrons. The van der Waals surface area contributed by atoms with E-state index in [4.69, 9.17) is 11.2 Å². The van der Waals surface area contributed by atoms with E-state index in [0.29, 0.717) is 31.0 Å². The molecule has 3 rings (SSSR count). The van der Waals surface area contributed by atoms with Gasteiger partial charge in [0.2, 0.25) is 0 Å². The summed E-state index contributed by atoms with van der Waals surface area (Å²) < 4.78 is 5.28. The molecule has 0 aromatic carbocycles. The quantitative estimate of drug-likeness (QED) is 0.693. The minimum Gasteiger partial charge on any atom is -0.443 e. The van der Waals surface area contributed by atoms with E-state index in [1.807, 2.05) is 6.92 Å². The highest BCUT2D eigenvalue weighted by molar-refractivity contribution is 5.67. The summed E-state index contributed by atoms with van der Waals surface area (Å²) in [5.41, 5.74) is 0. The molecule has 3 saturated heterocycles. The summed E-state index contributed by atoms with van der Waals surface area (Å²) in [5, 5.41) is 2.73. The maximum atomic E-state index is 11.4. The van der Waals surface area contributed by atoms with Gasteiger partial charge in [0.15, 0.2) is 0 Å². The third kappa shape index (κ3) is 2.97. The number of amides is 1. The van der Waals surface area contributed by atoms with Crippen LogP contribution in [-0.4, -0.2) is 38.4 Å². The predicted molar refractivity (Wildman–Crippen MR) is 69.2 cm³/mol. The van der Waals surface area contributed by atoms with E-state index in [-0.39, 0.29) is 6.09 Å². The fourth-order valence-electron chi connectivity index (χ4n) is 3.14. The zero-order chi connectivity index (χ0) is 13.0. The molecule has 3 heterocycles. The number of nitrogens with one attached hydrogen (secondary N) is 2. The van der Waals surface area contributed by atoms with Crippen molar-refractivity contribution in [2.75, 3.05) is 26.2 Å². The van der Waals surface area contributed by atoms with Crippen molar-refractivity contribution in [2.45, 2.75) is 32.2 Å². The van der Waals surface area contributed by atoms with Crippen LogP contribution < -0.4 is 10.2 Å². The first-order chi connectivity index (χ1) is 8.74. The number of carbonyl (C=O) groups is 1. The Bertz CT molecular complexity index is 337. The molecule has 0 aliphatic carbocycles. The van der Waals surface area contributed by atoms with Crippen molar-refractivity contribution in [1.82, 2.24) is 5.32 Å². The molecule has 3 aliphatic rings. The topological polar surface area (TPSA) is 42.8 Å². The van der Waals surface area contributed by atoms with Crippen LogP contribution in [0.15, 0.2) is 0 Å². The number of alkyl carbamates (subject to hydrolysis) is 1. The number of ether oxygens (including phenoxy) is 1. The molecule has 0 radical (unpaired) electrons. The van der Waals surface area contributed by atoms with Crippen molar-refractivity contribution < 1.29 is 14.4 Å². The molecule has 0 aromatic heterocycles. The van der Waals surface area contributed by atoms with Gasteiger partial charge in [0, 0.05) is 19.4 Å². The van der Waals surface area contributed by atoms with Crippen LogP contribution in [0.25, 0.3) is 0 Å². The van der Waals surface area contributed by atoms with E-state index in [0.717, 1.165) is 19.4 Å². The van der Waals surface area contributed by atoms with E-state index in [1.165, 1.54) is 17.9 Å². The molecule has 3 aliphatic heterocycles. The summed E-state index contributed by atoms with van der Waals surface area (Å²) in [4.78, 5) is 12.9.